The van der Waals surface area contributed by atoms with E-state index in [0.717, 1.165) is 16.3 Å². The molecule has 0 fully saturated rings. The summed E-state index contributed by atoms with van der Waals surface area (Å²) in [4.78, 5) is 28.7. The van der Waals surface area contributed by atoms with Crippen LogP contribution >= 0.6 is 0 Å². The number of hydrogen-bond acceptors (Lipinski definition) is 6. The molecule has 3 aromatic rings. The number of sulfonamides is 1. The zero-order chi connectivity index (χ0) is 29.8. The predicted molar refractivity (Wildman–Crippen MR) is 160 cm³/mol. The standard InChI is InChI=1S/C31H39N3O6S/c1-5-21-32-31(36)29(6-2)33(22-24-13-15-26(39-4)16-14-24)30(35)23-34(25-11-9-8-10-12-25)41(37,38)28-19-17-27(18-20-28)40-7-3/h8-20,29H,5-7,21-23H2,1-4H3,(H,32,36)/t29-/m0/s1. The Morgan fingerprint density at radius 1 is 0.878 bits per heavy atom. The van der Waals surface area contributed by atoms with E-state index in [1.54, 1.807) is 61.7 Å². The molecular formula is C31H39N3O6S. The Kier molecular flexibility index (Phi) is 11.6. The summed E-state index contributed by atoms with van der Waals surface area (Å²) in [7, 11) is -2.58. The van der Waals surface area contributed by atoms with Gasteiger partial charge in [-0.15, -0.1) is 0 Å². The molecule has 0 bridgehead atoms. The van der Waals surface area contributed by atoms with E-state index in [0.29, 0.717) is 36.8 Å². The predicted octanol–water partition coefficient (Wildman–Crippen LogP) is 4.62. The first kappa shape index (κ1) is 31.5. The van der Waals surface area contributed by atoms with Gasteiger partial charge in [0.1, 0.15) is 24.1 Å². The molecule has 3 aromatic carbocycles. The van der Waals surface area contributed by atoms with Crippen molar-refractivity contribution < 1.29 is 27.5 Å². The monoisotopic (exact) mass is 581 g/mol. The zero-order valence-electron chi connectivity index (χ0n) is 24.1. The fourth-order valence-electron chi connectivity index (χ4n) is 4.34. The minimum absolute atomic E-state index is 0.0204. The number of nitrogens with zero attached hydrogens (tertiary/aromatic N) is 2. The summed E-state index contributed by atoms with van der Waals surface area (Å²) in [6, 6.07) is 21.0. The van der Waals surface area contributed by atoms with Crippen molar-refractivity contribution in [3.05, 3.63) is 84.4 Å². The van der Waals surface area contributed by atoms with Crippen molar-refractivity contribution in [2.75, 3.05) is 31.1 Å². The van der Waals surface area contributed by atoms with Gasteiger partial charge in [0.25, 0.3) is 10.0 Å². The van der Waals surface area contributed by atoms with Crippen LogP contribution in [-0.2, 0) is 26.2 Å². The molecule has 0 aromatic heterocycles. The van der Waals surface area contributed by atoms with Crippen LogP contribution in [0.15, 0.2) is 83.8 Å². The Morgan fingerprint density at radius 2 is 1.51 bits per heavy atom. The third kappa shape index (κ3) is 8.23. The Balaban J connectivity index is 2.01. The lowest BCUT2D eigenvalue weighted by Gasteiger charge is -2.33. The highest BCUT2D eigenvalue weighted by molar-refractivity contribution is 7.92. The van der Waals surface area contributed by atoms with Crippen LogP contribution < -0.4 is 19.1 Å². The van der Waals surface area contributed by atoms with Crippen LogP contribution in [0, 0.1) is 0 Å². The van der Waals surface area contributed by atoms with E-state index in [-0.39, 0.29) is 17.3 Å². The molecule has 1 N–H and O–H groups in total. The second-order valence-electron chi connectivity index (χ2n) is 9.34. The van der Waals surface area contributed by atoms with Crippen molar-refractivity contribution in [3.8, 4) is 11.5 Å². The maximum atomic E-state index is 14.0. The number of nitrogens with one attached hydrogen (secondary N) is 1. The van der Waals surface area contributed by atoms with Gasteiger partial charge in [0.2, 0.25) is 11.8 Å². The Labute approximate surface area is 243 Å². The number of hydrogen-bond donors (Lipinski definition) is 1. The molecule has 0 aliphatic rings. The molecule has 0 saturated heterocycles. The molecule has 0 saturated carbocycles. The Morgan fingerprint density at radius 3 is 2.07 bits per heavy atom. The summed E-state index contributed by atoms with van der Waals surface area (Å²) in [5.74, 6) is 0.425. The van der Waals surface area contributed by atoms with Gasteiger partial charge in [-0.05, 0) is 73.9 Å². The number of anilines is 1. The maximum absolute atomic E-state index is 14.0. The molecule has 2 amide bonds. The first-order chi connectivity index (χ1) is 19.7. The van der Waals surface area contributed by atoms with Crippen molar-refractivity contribution in [1.29, 1.82) is 0 Å². The van der Waals surface area contributed by atoms with Gasteiger partial charge in [0, 0.05) is 13.1 Å². The second kappa shape index (κ2) is 15.1. The van der Waals surface area contributed by atoms with Gasteiger partial charge in [-0.1, -0.05) is 44.2 Å². The summed E-state index contributed by atoms with van der Waals surface area (Å²) in [5, 5.41) is 2.88. The number of ether oxygens (including phenoxy) is 2. The molecule has 0 spiro atoms. The van der Waals surface area contributed by atoms with E-state index < -0.39 is 28.5 Å². The molecule has 3 rings (SSSR count). The summed E-state index contributed by atoms with van der Waals surface area (Å²) in [6.45, 7) is 6.17. The van der Waals surface area contributed by atoms with Crippen LogP contribution in [0.1, 0.15) is 39.2 Å². The molecule has 0 heterocycles. The van der Waals surface area contributed by atoms with Crippen molar-refractivity contribution in [1.82, 2.24) is 10.2 Å². The summed E-state index contributed by atoms with van der Waals surface area (Å²) < 4.78 is 39.6. The van der Waals surface area contributed by atoms with Gasteiger partial charge in [-0.25, -0.2) is 8.42 Å². The molecule has 0 aliphatic heterocycles. The molecule has 220 valence electrons. The number of benzene rings is 3. The van der Waals surface area contributed by atoms with Crippen LogP contribution in [0.2, 0.25) is 0 Å². The number of methoxy groups -OCH3 is 1. The summed E-state index contributed by atoms with van der Waals surface area (Å²) >= 11 is 0. The molecule has 9 nitrogen and oxygen atoms in total. The van der Waals surface area contributed by atoms with Gasteiger partial charge in [-0.3, -0.25) is 13.9 Å². The van der Waals surface area contributed by atoms with E-state index in [1.807, 2.05) is 32.9 Å². The fourth-order valence-corrected chi connectivity index (χ4v) is 5.75. The topological polar surface area (TPSA) is 105 Å². The quantitative estimate of drug-likeness (QED) is 0.281. The number of carbonyl (C=O) groups excluding carboxylic acids is 2. The average molecular weight is 582 g/mol. The second-order valence-corrected chi connectivity index (χ2v) is 11.2. The highest BCUT2D eigenvalue weighted by atomic mass is 32.2. The lowest BCUT2D eigenvalue weighted by molar-refractivity contribution is -0.140. The van der Waals surface area contributed by atoms with Crippen LogP contribution in [0.25, 0.3) is 0 Å². The van der Waals surface area contributed by atoms with E-state index >= 15 is 0 Å². The van der Waals surface area contributed by atoms with Gasteiger partial charge in [0.05, 0.1) is 24.3 Å². The van der Waals surface area contributed by atoms with Crippen molar-refractivity contribution in [2.24, 2.45) is 0 Å². The summed E-state index contributed by atoms with van der Waals surface area (Å²) in [5.41, 5.74) is 1.11. The molecular weight excluding hydrogens is 542 g/mol. The highest BCUT2D eigenvalue weighted by Crippen LogP contribution is 2.26. The fraction of sp³-hybridized carbons (Fsp3) is 0.355. The molecule has 0 aliphatic carbocycles. The maximum Gasteiger partial charge on any atom is 0.264 e. The van der Waals surface area contributed by atoms with E-state index in [1.165, 1.54) is 17.0 Å². The van der Waals surface area contributed by atoms with Gasteiger partial charge >= 0.3 is 0 Å². The zero-order valence-corrected chi connectivity index (χ0v) is 24.9. The van der Waals surface area contributed by atoms with Crippen LogP contribution in [0.4, 0.5) is 5.69 Å². The first-order valence-corrected chi connectivity index (χ1v) is 15.2. The van der Waals surface area contributed by atoms with E-state index in [9.17, 15) is 18.0 Å². The first-order valence-electron chi connectivity index (χ1n) is 13.8. The number of carbonyl (C=O) groups is 2. The Hall–Kier alpha value is -4.05. The smallest absolute Gasteiger partial charge is 0.264 e. The van der Waals surface area contributed by atoms with Crippen molar-refractivity contribution in [2.45, 2.75) is 51.1 Å². The Bertz CT molecular complexity index is 1360. The minimum Gasteiger partial charge on any atom is -0.497 e. The van der Waals surface area contributed by atoms with Crippen molar-refractivity contribution in [3.63, 3.8) is 0 Å². The van der Waals surface area contributed by atoms with Gasteiger partial charge in [-0.2, -0.15) is 0 Å². The minimum atomic E-state index is -4.15. The SMILES string of the molecule is CCCNC(=O)[C@H](CC)N(Cc1ccc(OC)cc1)C(=O)CN(c1ccccc1)S(=O)(=O)c1ccc(OCC)cc1. The molecule has 1 atom stereocenters. The lowest BCUT2D eigenvalue weighted by atomic mass is 10.1. The summed E-state index contributed by atoms with van der Waals surface area (Å²) in [6.07, 6.45) is 1.10. The number of amides is 2. The van der Waals surface area contributed by atoms with E-state index in [4.69, 9.17) is 9.47 Å². The highest BCUT2D eigenvalue weighted by Gasteiger charge is 2.33. The lowest BCUT2D eigenvalue weighted by Crippen LogP contribution is -2.52. The molecule has 10 heteroatoms. The average Bonchev–Trinajstić information content (AvgIpc) is 2.99. The van der Waals surface area contributed by atoms with Crippen molar-refractivity contribution >= 4 is 27.5 Å². The normalized spacial score (nSPS) is 11.8. The van der Waals surface area contributed by atoms with Crippen LogP contribution in [-0.4, -0.2) is 58.0 Å². The molecule has 0 unspecified atom stereocenters. The van der Waals surface area contributed by atoms with Crippen LogP contribution in [0.3, 0.4) is 0 Å². The number of rotatable bonds is 15. The third-order valence-electron chi connectivity index (χ3n) is 6.49. The van der Waals surface area contributed by atoms with Gasteiger partial charge < -0.3 is 19.7 Å². The molecule has 41 heavy (non-hydrogen) atoms. The molecule has 0 radical (unpaired) electrons. The number of para-hydroxylation sites is 1. The third-order valence-corrected chi connectivity index (χ3v) is 8.28. The van der Waals surface area contributed by atoms with Gasteiger partial charge in [0.15, 0.2) is 0 Å². The van der Waals surface area contributed by atoms with Crippen LogP contribution in [0.5, 0.6) is 11.5 Å². The van der Waals surface area contributed by atoms with E-state index in [2.05, 4.69) is 5.32 Å². The largest absolute Gasteiger partial charge is 0.497 e.